The lowest BCUT2D eigenvalue weighted by Gasteiger charge is -2.39. The smallest absolute Gasteiger partial charge is 0.128 e. The van der Waals surface area contributed by atoms with Crippen LogP contribution in [0.15, 0.2) is 207 Å². The molecule has 14 heteroatoms. The molecule has 0 aliphatic carbocycles. The van der Waals surface area contributed by atoms with Crippen molar-refractivity contribution in [3.05, 3.63) is 275 Å². The Morgan fingerprint density at radius 3 is 1.43 bits per heavy atom. The predicted octanol–water partition coefficient (Wildman–Crippen LogP) is 16.3. The molecule has 0 radical (unpaired) electrons. The summed E-state index contributed by atoms with van der Waals surface area (Å²) in [5.74, 6) is 2.05. The summed E-state index contributed by atoms with van der Waals surface area (Å²) in [5, 5.41) is 22.5. The number of piperazine rings is 2. The lowest BCUT2D eigenvalue weighted by molar-refractivity contribution is 0.0812. The average molecular weight is 1290 g/mol. The maximum atomic E-state index is 13.4. The molecule has 96 heavy (non-hydrogen) atoms. The molecule has 0 bridgehead atoms. The molecular formula is C82H94F2N10O2. The van der Waals surface area contributed by atoms with Gasteiger partial charge >= 0.3 is 0 Å². The summed E-state index contributed by atoms with van der Waals surface area (Å²) in [5.41, 5.74) is 15.0. The number of phenols is 2. The van der Waals surface area contributed by atoms with Gasteiger partial charge in [-0.05, 0) is 182 Å². The molecule has 0 spiro atoms. The summed E-state index contributed by atoms with van der Waals surface area (Å²) in [7, 11) is 0. The second-order valence-electron chi connectivity index (χ2n) is 26.8. The van der Waals surface area contributed by atoms with Gasteiger partial charge in [0.15, 0.2) is 0 Å². The fraction of sp³-hybridized carbons (Fsp3) is 0.341. The van der Waals surface area contributed by atoms with E-state index in [1.54, 1.807) is 30.5 Å². The predicted molar refractivity (Wildman–Crippen MR) is 383 cm³/mol. The average Bonchev–Trinajstić information content (AvgIpc) is 0.958. The highest BCUT2D eigenvalue weighted by molar-refractivity contribution is 5.61. The first-order valence-electron chi connectivity index (χ1n) is 34.3. The minimum absolute atomic E-state index is 0.306. The molecule has 0 unspecified atom stereocenters. The van der Waals surface area contributed by atoms with E-state index in [9.17, 15) is 19.0 Å². The van der Waals surface area contributed by atoms with Crippen LogP contribution in [-0.2, 0) is 58.0 Å². The van der Waals surface area contributed by atoms with Gasteiger partial charge < -0.3 is 20.4 Å². The fourth-order valence-corrected chi connectivity index (χ4v) is 12.5. The van der Waals surface area contributed by atoms with Gasteiger partial charge in [-0.15, -0.1) is 0 Å². The number of hydrogen-bond donors (Lipinski definition) is 3. The summed E-state index contributed by atoms with van der Waals surface area (Å²) < 4.78 is 26.8. The van der Waals surface area contributed by atoms with E-state index in [4.69, 9.17) is 15.0 Å². The van der Waals surface area contributed by atoms with Crippen LogP contribution in [0.4, 0.5) is 8.78 Å². The highest BCUT2D eigenvalue weighted by atomic mass is 19.1. The van der Waals surface area contributed by atoms with E-state index < -0.39 is 11.6 Å². The van der Waals surface area contributed by atoms with Crippen molar-refractivity contribution in [1.29, 1.82) is 0 Å². The van der Waals surface area contributed by atoms with E-state index in [-0.39, 0.29) is 0 Å². The van der Waals surface area contributed by atoms with Crippen molar-refractivity contribution in [1.82, 2.24) is 49.9 Å². The number of halogens is 2. The number of nitrogens with zero attached hydrogens (tertiary/aromatic N) is 9. The SMILES string of the molecule is CC(C)(C)CCc1cccc(-c2ccnc(CCCc3ccc(O)cc3)n2)c1.CCN1CCN(Cc2cccc(-c3ccnc(CCCc4cc(F)cc(F)c4)n3)c2)[C@@H](C)C1.Oc1ccc(CCCc2nccc(-c3cccc(CN4CCN[C@H](c5ccccc5)C4)c3)n2)cc1. The Morgan fingerprint density at radius 1 is 0.458 bits per heavy atom. The number of nitrogens with one attached hydrogen (secondary N) is 1. The Morgan fingerprint density at radius 2 is 0.938 bits per heavy atom. The van der Waals surface area contributed by atoms with Gasteiger partial charge in [-0.2, -0.15) is 0 Å². The van der Waals surface area contributed by atoms with Gasteiger partial charge in [0, 0.05) is 125 Å². The van der Waals surface area contributed by atoms with Crippen LogP contribution in [0.5, 0.6) is 11.5 Å². The first-order chi connectivity index (χ1) is 46.6. The van der Waals surface area contributed by atoms with Gasteiger partial charge in [0.25, 0.3) is 0 Å². The summed E-state index contributed by atoms with van der Waals surface area (Å²) in [4.78, 5) is 35.3. The molecule has 2 atom stereocenters. The van der Waals surface area contributed by atoms with E-state index in [1.165, 1.54) is 51.9 Å². The summed E-state index contributed by atoms with van der Waals surface area (Å²) in [6.45, 7) is 20.8. The topological polar surface area (TPSA) is 140 Å². The lowest BCUT2D eigenvalue weighted by atomic mass is 9.88. The number of likely N-dealkylation sites (N-methyl/N-ethyl adjacent to an activating group) is 1. The summed E-state index contributed by atoms with van der Waals surface area (Å²) in [6.07, 6.45) is 15.3. The summed E-state index contributed by atoms with van der Waals surface area (Å²) >= 11 is 0. The maximum Gasteiger partial charge on any atom is 0.128 e. The lowest BCUT2D eigenvalue weighted by Crippen LogP contribution is -2.51. The van der Waals surface area contributed by atoms with Crippen LogP contribution in [0, 0.1) is 17.0 Å². The van der Waals surface area contributed by atoms with Crippen molar-refractivity contribution in [2.75, 3.05) is 45.8 Å². The van der Waals surface area contributed by atoms with Crippen molar-refractivity contribution < 1.29 is 19.0 Å². The number of rotatable bonds is 23. The third-order valence-electron chi connectivity index (χ3n) is 17.9. The molecule has 12 rings (SSSR count). The van der Waals surface area contributed by atoms with E-state index in [0.717, 1.165) is 168 Å². The molecule has 3 aromatic heterocycles. The van der Waals surface area contributed by atoms with Crippen molar-refractivity contribution in [3.63, 3.8) is 0 Å². The molecule has 10 aromatic rings. The quantitative estimate of drug-likeness (QED) is 0.0562. The highest BCUT2D eigenvalue weighted by Crippen LogP contribution is 2.27. The number of benzene rings is 7. The van der Waals surface area contributed by atoms with Gasteiger partial charge in [-0.25, -0.2) is 38.7 Å². The molecule has 2 saturated heterocycles. The van der Waals surface area contributed by atoms with E-state index in [2.05, 4.69) is 173 Å². The molecule has 12 nitrogen and oxygen atoms in total. The maximum absolute atomic E-state index is 13.4. The number of aryl methyl sites for hydroxylation is 7. The Labute approximate surface area is 567 Å². The molecule has 0 saturated carbocycles. The summed E-state index contributed by atoms with van der Waals surface area (Å²) in [6, 6.07) is 62.1. The van der Waals surface area contributed by atoms with Gasteiger partial charge in [0.1, 0.15) is 40.6 Å². The van der Waals surface area contributed by atoms with Gasteiger partial charge in [0.2, 0.25) is 0 Å². The highest BCUT2D eigenvalue weighted by Gasteiger charge is 2.24. The molecule has 5 heterocycles. The number of hydrogen-bond acceptors (Lipinski definition) is 12. The van der Waals surface area contributed by atoms with Crippen molar-refractivity contribution >= 4 is 0 Å². The molecule has 2 aliphatic heterocycles. The van der Waals surface area contributed by atoms with Gasteiger partial charge in [-0.1, -0.05) is 137 Å². The van der Waals surface area contributed by atoms with E-state index >= 15 is 0 Å². The molecule has 3 N–H and O–H groups in total. The largest absolute Gasteiger partial charge is 0.508 e. The van der Waals surface area contributed by atoms with Crippen LogP contribution in [-0.4, -0.2) is 107 Å². The third-order valence-corrected chi connectivity index (χ3v) is 17.9. The fourth-order valence-electron chi connectivity index (χ4n) is 12.5. The zero-order valence-corrected chi connectivity index (χ0v) is 56.6. The normalized spacial score (nSPS) is 15.3. The van der Waals surface area contributed by atoms with Gasteiger partial charge in [-0.3, -0.25) is 9.80 Å². The van der Waals surface area contributed by atoms with Crippen molar-refractivity contribution in [2.45, 2.75) is 130 Å². The zero-order valence-electron chi connectivity index (χ0n) is 56.6. The second kappa shape index (κ2) is 35.2. The van der Waals surface area contributed by atoms with Crippen LogP contribution in [0.1, 0.15) is 123 Å². The van der Waals surface area contributed by atoms with Gasteiger partial charge in [0.05, 0.1) is 17.1 Å². The minimum Gasteiger partial charge on any atom is -0.508 e. The number of aromatic nitrogens is 6. The monoisotopic (exact) mass is 1290 g/mol. The first-order valence-corrected chi connectivity index (χ1v) is 34.3. The molecule has 2 fully saturated rings. The minimum atomic E-state index is -0.537. The molecule has 7 aromatic carbocycles. The molecular weight excluding hydrogens is 1190 g/mol. The zero-order chi connectivity index (χ0) is 67.1. The van der Waals surface area contributed by atoms with Crippen molar-refractivity contribution in [3.8, 4) is 45.3 Å². The third kappa shape index (κ3) is 22.3. The van der Waals surface area contributed by atoms with Crippen LogP contribution >= 0.6 is 0 Å². The second-order valence-corrected chi connectivity index (χ2v) is 26.8. The molecule has 0 amide bonds. The molecule has 498 valence electrons. The Kier molecular flexibility index (Phi) is 25.6. The van der Waals surface area contributed by atoms with Crippen molar-refractivity contribution in [2.24, 2.45) is 5.41 Å². The Balaban J connectivity index is 0.000000158. The van der Waals surface area contributed by atoms with Crippen LogP contribution < -0.4 is 5.32 Å². The standard InChI is InChI=1S/C30H32N4O.C27H32F2N4.C25H30N2O/c35-27-14-12-23(13-15-27)6-5-11-30-32-17-16-28(33-30)26-10-4-7-24(20-26)21-34-19-18-31-29(22-34)25-8-2-1-3-9-25;1-3-32-12-13-33(20(2)18-32)19-22-7-4-8-23(14-22)26-10-11-30-27(31-26)9-5-6-21-15-24(28)17-25(29)16-21;1-25(2,3)16-14-20-7-4-8-21(18-20)23-15-17-26-24(27-23)9-5-6-19-10-12-22(28)13-11-19/h1-4,7-10,12-17,20,29,31,35H,5-6,11,18-19,21-22H2;4,7-8,10-11,14-17,20H,3,5-6,9,12-13,18-19H2,1-2H3;4,7-8,10-13,15,17-18,28H,5-6,9,14,16H2,1-3H3/t29-;20-;/m00./s1. The number of phenolic OH excluding ortho intramolecular Hbond substituents is 2. The van der Waals surface area contributed by atoms with E-state index in [0.29, 0.717) is 47.4 Å². The van der Waals surface area contributed by atoms with E-state index in [1.807, 2.05) is 54.9 Å². The Bertz CT molecular complexity index is 4000. The van der Waals surface area contributed by atoms with Crippen LogP contribution in [0.3, 0.4) is 0 Å². The first kappa shape index (κ1) is 69.9. The van der Waals surface area contributed by atoms with Crippen LogP contribution in [0.2, 0.25) is 0 Å². The number of aromatic hydroxyl groups is 2. The Hall–Kier alpha value is -8.92. The van der Waals surface area contributed by atoms with Crippen LogP contribution in [0.25, 0.3) is 33.8 Å². The molecule has 2 aliphatic rings.